The average Bonchev–Trinajstić information content (AvgIpc) is 3.69. The van der Waals surface area contributed by atoms with Crippen LogP contribution in [-0.2, 0) is 57.5 Å². The number of amides is 10. The largest absolute Gasteiger partial charge is 0.481 e. The van der Waals surface area contributed by atoms with Gasteiger partial charge in [-0.1, -0.05) is 27.7 Å². The van der Waals surface area contributed by atoms with Gasteiger partial charge in [-0.05, 0) is 51.9 Å². The second-order valence-electron chi connectivity index (χ2n) is 16.1. The van der Waals surface area contributed by atoms with Crippen molar-refractivity contribution >= 4 is 71.0 Å². The summed E-state index contributed by atoms with van der Waals surface area (Å²) in [5, 5.41) is 46.7. The number of nitrogens with zero attached hydrogens (tertiary/aromatic N) is 1. The third-order valence-electron chi connectivity index (χ3n) is 9.62. The zero-order valence-electron chi connectivity index (χ0n) is 36.9. The van der Waals surface area contributed by atoms with Gasteiger partial charge in [-0.15, -0.1) is 0 Å². The van der Waals surface area contributed by atoms with Gasteiger partial charge in [0.05, 0.1) is 32.0 Å². The molecule has 1 heterocycles. The number of carbonyl (C=O) groups excluding carboxylic acids is 10. The number of primary amides is 1. The minimum atomic E-state index is -1.68. The number of carboxylic acid groups (broad SMARTS) is 2. The highest BCUT2D eigenvalue weighted by Gasteiger charge is 2.40. The van der Waals surface area contributed by atoms with Crippen LogP contribution in [0, 0.1) is 11.8 Å². The number of rotatable bonds is 26. The maximum Gasteiger partial charge on any atom is 0.326 e. The lowest BCUT2D eigenvalue weighted by Gasteiger charge is -2.31. The number of hydrogen-bond donors (Lipinski definition) is 13. The fourth-order valence-electron chi connectivity index (χ4n) is 6.14. The van der Waals surface area contributed by atoms with Crippen LogP contribution >= 0.6 is 0 Å². The molecule has 1 aliphatic rings. The Morgan fingerprint density at radius 3 is 1.66 bits per heavy atom. The van der Waals surface area contributed by atoms with Crippen LogP contribution in [-0.4, -0.2) is 165 Å². The van der Waals surface area contributed by atoms with Gasteiger partial charge in [0.2, 0.25) is 59.1 Å². The highest BCUT2D eigenvalue weighted by molar-refractivity contribution is 5.99. The summed E-state index contributed by atoms with van der Waals surface area (Å²) in [6, 6.07) is -12.3. The standard InChI is InChI=1S/C38H63N11O15/c1-16(2)11-23(37(62)49-10-8-9-25(49)36(61)47-24(15-50)35(60)43-20(7)32(57)48-29(17(3)4)38(63)64)46-31(56)19(6)42-34(59)21(12-26(40)51)44-27(52)14-41-33(58)22(13-28(53)54)45-30(55)18(5)39/h16-25,29,50H,8-15,39H2,1-7H3,(H2,40,51)(H,41,58)(H,42,59)(H,43,60)(H,44,52)(H,45,55)(H,46,56)(H,47,61)(H,48,57)(H,53,54)(H,63,64)/t18-,19-,20-,21-,22-,23-,24-,25-,29-/m0/s1. The SMILES string of the molecule is CC(C)C[C@H](NC(=O)[C@H](C)NC(=O)[C@H](CC(N)=O)NC(=O)CNC(=O)[C@H](CC(=O)O)NC(=O)[C@H](C)N)C(=O)N1CCC[C@H]1C(=O)N[C@@H](CO)C(=O)N[C@@H](C)C(=O)N[C@H](C(=O)O)C(C)C. The third-order valence-corrected chi connectivity index (χ3v) is 9.62. The van der Waals surface area contributed by atoms with Crippen LogP contribution < -0.4 is 54.0 Å². The number of aliphatic carboxylic acids is 2. The molecule has 0 spiro atoms. The van der Waals surface area contributed by atoms with Gasteiger partial charge in [-0.2, -0.15) is 0 Å². The van der Waals surface area contributed by atoms with Gasteiger partial charge < -0.3 is 74.2 Å². The van der Waals surface area contributed by atoms with E-state index in [1.54, 1.807) is 27.7 Å². The van der Waals surface area contributed by atoms with E-state index in [1.165, 1.54) is 25.7 Å². The molecule has 10 amide bonds. The first-order valence-corrected chi connectivity index (χ1v) is 20.5. The lowest BCUT2D eigenvalue weighted by atomic mass is 10.0. The van der Waals surface area contributed by atoms with Crippen LogP contribution in [0.25, 0.3) is 0 Å². The van der Waals surface area contributed by atoms with Gasteiger partial charge in [-0.3, -0.25) is 52.7 Å². The molecule has 26 heteroatoms. The average molecular weight is 914 g/mol. The van der Waals surface area contributed by atoms with E-state index in [2.05, 4.69) is 42.5 Å². The Kier molecular flexibility index (Phi) is 22.8. The minimum absolute atomic E-state index is 0.0611. The summed E-state index contributed by atoms with van der Waals surface area (Å²) in [6.07, 6.45) is -1.08. The molecule has 1 fully saturated rings. The van der Waals surface area contributed by atoms with Crippen molar-refractivity contribution in [2.75, 3.05) is 19.7 Å². The maximum absolute atomic E-state index is 14.0. The van der Waals surface area contributed by atoms with Crippen LogP contribution in [0.5, 0.6) is 0 Å². The monoisotopic (exact) mass is 913 g/mol. The minimum Gasteiger partial charge on any atom is -0.481 e. The summed E-state index contributed by atoms with van der Waals surface area (Å²) in [6.45, 7) is 8.77. The topological polar surface area (TPSA) is 417 Å². The Balaban J connectivity index is 3.03. The van der Waals surface area contributed by atoms with Crippen LogP contribution in [0.4, 0.5) is 0 Å². The third kappa shape index (κ3) is 18.5. The first-order valence-electron chi connectivity index (χ1n) is 20.5. The number of hydrogen-bond acceptors (Lipinski definition) is 14. The van der Waals surface area contributed by atoms with Crippen molar-refractivity contribution < 1.29 is 72.9 Å². The van der Waals surface area contributed by atoms with Gasteiger partial charge in [0.25, 0.3) is 0 Å². The van der Waals surface area contributed by atoms with Gasteiger partial charge in [0.1, 0.15) is 48.3 Å². The van der Waals surface area contributed by atoms with Gasteiger partial charge in [0.15, 0.2) is 0 Å². The van der Waals surface area contributed by atoms with E-state index in [-0.39, 0.29) is 25.3 Å². The van der Waals surface area contributed by atoms with Gasteiger partial charge in [0, 0.05) is 6.54 Å². The zero-order chi connectivity index (χ0) is 49.2. The fraction of sp³-hybridized carbons (Fsp3) is 0.684. The molecule has 0 unspecified atom stereocenters. The molecule has 26 nitrogen and oxygen atoms in total. The fourth-order valence-corrected chi connectivity index (χ4v) is 6.14. The van der Waals surface area contributed by atoms with Gasteiger partial charge in [-0.25, -0.2) is 4.79 Å². The van der Waals surface area contributed by atoms with E-state index >= 15 is 0 Å². The lowest BCUT2D eigenvalue weighted by Crippen LogP contribution is -2.60. The lowest BCUT2D eigenvalue weighted by molar-refractivity contribution is -0.144. The van der Waals surface area contributed by atoms with Crippen LogP contribution in [0.2, 0.25) is 0 Å². The molecule has 0 aromatic rings. The van der Waals surface area contributed by atoms with E-state index in [0.29, 0.717) is 6.42 Å². The predicted octanol–water partition coefficient (Wildman–Crippen LogP) is -6.00. The highest BCUT2D eigenvalue weighted by atomic mass is 16.4. The molecule has 1 rings (SSSR count). The molecule has 15 N–H and O–H groups in total. The van der Waals surface area contributed by atoms with Crippen molar-refractivity contribution in [3.8, 4) is 0 Å². The second kappa shape index (κ2) is 26.2. The van der Waals surface area contributed by atoms with Crippen molar-refractivity contribution in [1.29, 1.82) is 0 Å². The molecule has 0 aliphatic carbocycles. The molecular formula is C38H63N11O15. The van der Waals surface area contributed by atoms with E-state index in [4.69, 9.17) is 16.6 Å². The Morgan fingerprint density at radius 1 is 0.641 bits per heavy atom. The number of carbonyl (C=O) groups is 12. The van der Waals surface area contributed by atoms with Crippen LogP contribution in [0.15, 0.2) is 0 Å². The normalized spacial score (nSPS) is 17.2. The first kappa shape index (κ1) is 55.6. The molecule has 0 aromatic carbocycles. The van der Waals surface area contributed by atoms with E-state index in [9.17, 15) is 67.7 Å². The van der Waals surface area contributed by atoms with E-state index in [1.807, 2.05) is 0 Å². The zero-order valence-corrected chi connectivity index (χ0v) is 36.9. The molecule has 1 saturated heterocycles. The molecule has 0 aromatic heterocycles. The van der Waals surface area contributed by atoms with Gasteiger partial charge >= 0.3 is 11.9 Å². The summed E-state index contributed by atoms with van der Waals surface area (Å²) < 4.78 is 0. The molecule has 360 valence electrons. The van der Waals surface area contributed by atoms with Crippen molar-refractivity contribution in [3.05, 3.63) is 0 Å². The summed E-state index contributed by atoms with van der Waals surface area (Å²) in [4.78, 5) is 153. The predicted molar refractivity (Wildman–Crippen MR) is 221 cm³/mol. The highest BCUT2D eigenvalue weighted by Crippen LogP contribution is 2.21. The van der Waals surface area contributed by atoms with Crippen LogP contribution in [0.1, 0.15) is 80.6 Å². The molecule has 9 atom stereocenters. The molecule has 0 bridgehead atoms. The Bertz CT molecular complexity index is 1760. The quantitative estimate of drug-likeness (QED) is 0.0384. The Morgan fingerprint density at radius 2 is 1.17 bits per heavy atom. The molecular weight excluding hydrogens is 850 g/mol. The van der Waals surface area contributed by atoms with Crippen molar-refractivity contribution in [2.24, 2.45) is 23.3 Å². The molecule has 1 aliphatic heterocycles. The van der Waals surface area contributed by atoms with Crippen LogP contribution in [0.3, 0.4) is 0 Å². The number of likely N-dealkylation sites (tertiary alicyclic amines) is 1. The number of aliphatic hydroxyl groups excluding tert-OH is 1. The van der Waals surface area contributed by atoms with E-state index in [0.717, 1.165) is 0 Å². The van der Waals surface area contributed by atoms with E-state index < -0.39 is 157 Å². The summed E-state index contributed by atoms with van der Waals surface area (Å²) in [7, 11) is 0. The number of nitrogens with two attached hydrogens (primary N) is 2. The first-order chi connectivity index (χ1) is 29.7. The number of aliphatic hydroxyl groups is 1. The molecule has 0 radical (unpaired) electrons. The summed E-state index contributed by atoms with van der Waals surface area (Å²) >= 11 is 0. The van der Waals surface area contributed by atoms with Crippen molar-refractivity contribution in [2.45, 2.75) is 135 Å². The maximum atomic E-state index is 14.0. The summed E-state index contributed by atoms with van der Waals surface area (Å²) in [5.74, 6) is -12.7. The van der Waals surface area contributed by atoms with Crippen molar-refractivity contribution in [3.63, 3.8) is 0 Å². The molecule has 0 saturated carbocycles. The Hall–Kier alpha value is -6.44. The van der Waals surface area contributed by atoms with Crippen molar-refractivity contribution in [1.82, 2.24) is 47.4 Å². The molecule has 64 heavy (non-hydrogen) atoms. The number of carboxylic acids is 2. The Labute approximate surface area is 368 Å². The second-order valence-corrected chi connectivity index (χ2v) is 16.1. The number of nitrogens with one attached hydrogen (secondary N) is 8. The summed E-state index contributed by atoms with van der Waals surface area (Å²) in [5.41, 5.74) is 10.7. The smallest absolute Gasteiger partial charge is 0.326 e.